The molecule has 0 bridgehead atoms. The van der Waals surface area contributed by atoms with Gasteiger partial charge in [0.1, 0.15) is 23.1 Å². The quantitative estimate of drug-likeness (QED) is 0.376. The molecular weight excluding hydrogens is 430 g/mol. The van der Waals surface area contributed by atoms with E-state index in [1.165, 1.54) is 12.1 Å². The first-order valence-electron chi connectivity index (χ1n) is 10.3. The summed E-state index contributed by atoms with van der Waals surface area (Å²) >= 11 is 1.64. The average Bonchev–Trinajstić information content (AvgIpc) is 3.60. The van der Waals surface area contributed by atoms with Gasteiger partial charge in [-0.05, 0) is 59.5 Å². The minimum Gasteiger partial charge on any atom is -0.349 e. The summed E-state index contributed by atoms with van der Waals surface area (Å²) < 4.78 is 31.8. The van der Waals surface area contributed by atoms with Gasteiger partial charge in [-0.3, -0.25) is 0 Å². The Morgan fingerprint density at radius 2 is 1.97 bits per heavy atom. The second-order valence-corrected chi connectivity index (χ2v) is 8.57. The molecule has 0 amide bonds. The van der Waals surface area contributed by atoms with Gasteiger partial charge in [0.25, 0.3) is 0 Å². The summed E-state index contributed by atoms with van der Waals surface area (Å²) in [6.45, 7) is 0.720. The molecule has 1 saturated heterocycles. The Bertz CT molecular complexity index is 1410. The van der Waals surface area contributed by atoms with Crippen LogP contribution in [0.2, 0.25) is 0 Å². The lowest BCUT2D eigenvalue weighted by atomic mass is 10.0. The van der Waals surface area contributed by atoms with Crippen molar-refractivity contribution in [2.24, 2.45) is 0 Å². The number of halogens is 2. The fourth-order valence-corrected chi connectivity index (χ4v) is 5.00. The van der Waals surface area contributed by atoms with Crippen molar-refractivity contribution in [1.29, 1.82) is 0 Å². The first-order chi connectivity index (χ1) is 15.7. The summed E-state index contributed by atoms with van der Waals surface area (Å²) in [5.74, 6) is -0.127. The Morgan fingerprint density at radius 1 is 1.03 bits per heavy atom. The van der Waals surface area contributed by atoms with E-state index in [2.05, 4.69) is 21.6 Å². The molecule has 6 nitrogen and oxygen atoms in total. The number of hydrogen-bond donors (Lipinski definition) is 0. The van der Waals surface area contributed by atoms with Crippen LogP contribution in [0.3, 0.4) is 0 Å². The van der Waals surface area contributed by atoms with Gasteiger partial charge in [-0.1, -0.05) is 0 Å². The topological polar surface area (TPSA) is 51.2 Å². The third-order valence-corrected chi connectivity index (χ3v) is 6.57. The molecule has 9 heteroatoms. The van der Waals surface area contributed by atoms with Crippen LogP contribution in [0.15, 0.2) is 65.9 Å². The number of hydrogen-bond acceptors (Lipinski definition) is 5. The standard InChI is InChI=1S/C23H18F2N6S/c24-17-3-4-19(25)18(10-17)20-2-1-7-29(20)22-5-8-30-23(28-22)21(12-27-30)31-13-16(11-26-31)15-6-9-32-14-15/h3-6,8-14,20H,1-2,7H2. The second kappa shape index (κ2) is 7.52. The maximum atomic E-state index is 14.5. The van der Waals surface area contributed by atoms with E-state index in [0.29, 0.717) is 17.0 Å². The van der Waals surface area contributed by atoms with E-state index in [1.807, 2.05) is 34.9 Å². The predicted octanol–water partition coefficient (Wildman–Crippen LogP) is 5.26. The zero-order valence-corrected chi connectivity index (χ0v) is 17.7. The minimum atomic E-state index is -0.435. The van der Waals surface area contributed by atoms with Crippen LogP contribution in [0.25, 0.3) is 22.5 Å². The SMILES string of the molecule is Fc1ccc(F)c(C2CCCN2c2ccn3ncc(-n4cc(-c5ccsc5)cn4)c3n2)c1. The van der Waals surface area contributed by atoms with E-state index < -0.39 is 11.6 Å². The van der Waals surface area contributed by atoms with E-state index in [9.17, 15) is 8.78 Å². The maximum absolute atomic E-state index is 14.5. The van der Waals surface area contributed by atoms with E-state index >= 15 is 0 Å². The van der Waals surface area contributed by atoms with Crippen LogP contribution in [0.4, 0.5) is 14.6 Å². The zero-order chi connectivity index (χ0) is 21.7. The zero-order valence-electron chi connectivity index (χ0n) is 16.9. The molecule has 1 aliphatic heterocycles. The summed E-state index contributed by atoms with van der Waals surface area (Å²) in [4.78, 5) is 6.88. The lowest BCUT2D eigenvalue weighted by Crippen LogP contribution is -2.24. The van der Waals surface area contributed by atoms with Crippen molar-refractivity contribution >= 4 is 22.8 Å². The fourth-order valence-electron chi connectivity index (χ4n) is 4.34. The maximum Gasteiger partial charge on any atom is 0.183 e. The van der Waals surface area contributed by atoms with Gasteiger partial charge in [0.15, 0.2) is 5.65 Å². The lowest BCUT2D eigenvalue weighted by Gasteiger charge is -2.26. The van der Waals surface area contributed by atoms with E-state index in [1.54, 1.807) is 26.7 Å². The van der Waals surface area contributed by atoms with Crippen molar-refractivity contribution < 1.29 is 8.78 Å². The number of aromatic nitrogens is 5. The summed E-state index contributed by atoms with van der Waals surface area (Å²) in [6, 6.07) is 7.28. The van der Waals surface area contributed by atoms with Gasteiger partial charge in [0.2, 0.25) is 0 Å². The fraction of sp³-hybridized carbons (Fsp3) is 0.174. The molecule has 5 heterocycles. The van der Waals surface area contributed by atoms with Crippen molar-refractivity contribution in [3.8, 4) is 16.8 Å². The van der Waals surface area contributed by atoms with E-state index in [4.69, 9.17) is 4.98 Å². The second-order valence-electron chi connectivity index (χ2n) is 7.79. The molecule has 1 aliphatic rings. The number of anilines is 1. The summed E-state index contributed by atoms with van der Waals surface area (Å²) in [5, 5.41) is 13.0. The van der Waals surface area contributed by atoms with Gasteiger partial charge in [-0.2, -0.15) is 21.5 Å². The van der Waals surface area contributed by atoms with Crippen LogP contribution < -0.4 is 4.90 Å². The van der Waals surface area contributed by atoms with Crippen molar-refractivity contribution in [3.63, 3.8) is 0 Å². The molecule has 1 atom stereocenters. The van der Waals surface area contributed by atoms with Crippen LogP contribution in [0, 0.1) is 11.6 Å². The monoisotopic (exact) mass is 448 g/mol. The van der Waals surface area contributed by atoms with Crippen molar-refractivity contribution in [3.05, 3.63) is 83.1 Å². The number of fused-ring (bicyclic) bond motifs is 1. The minimum absolute atomic E-state index is 0.262. The van der Waals surface area contributed by atoms with Crippen LogP contribution in [0.5, 0.6) is 0 Å². The largest absolute Gasteiger partial charge is 0.349 e. The molecule has 0 saturated carbocycles. The summed E-state index contributed by atoms with van der Waals surface area (Å²) in [7, 11) is 0. The highest BCUT2D eigenvalue weighted by molar-refractivity contribution is 7.08. The highest BCUT2D eigenvalue weighted by atomic mass is 32.1. The summed E-state index contributed by atoms with van der Waals surface area (Å²) in [5.41, 5.74) is 3.89. The van der Waals surface area contributed by atoms with Crippen molar-refractivity contribution in [2.75, 3.05) is 11.4 Å². The highest BCUT2D eigenvalue weighted by Gasteiger charge is 2.30. The van der Waals surface area contributed by atoms with Crippen LogP contribution in [0.1, 0.15) is 24.4 Å². The number of benzene rings is 1. The van der Waals surface area contributed by atoms with Crippen molar-refractivity contribution in [1.82, 2.24) is 24.4 Å². The molecule has 0 spiro atoms. The number of nitrogens with zero attached hydrogens (tertiary/aromatic N) is 6. The van der Waals surface area contributed by atoms with Gasteiger partial charge < -0.3 is 4.90 Å². The van der Waals surface area contributed by atoms with E-state index in [0.717, 1.165) is 42.3 Å². The van der Waals surface area contributed by atoms with Crippen molar-refractivity contribution in [2.45, 2.75) is 18.9 Å². The number of rotatable bonds is 4. The lowest BCUT2D eigenvalue weighted by molar-refractivity contribution is 0.560. The molecule has 1 unspecified atom stereocenters. The third kappa shape index (κ3) is 3.16. The highest BCUT2D eigenvalue weighted by Crippen LogP contribution is 2.37. The number of thiophene rings is 1. The van der Waals surface area contributed by atoms with Gasteiger partial charge in [-0.15, -0.1) is 0 Å². The predicted molar refractivity (Wildman–Crippen MR) is 119 cm³/mol. The molecule has 1 aromatic carbocycles. The normalized spacial score (nSPS) is 16.3. The van der Waals surface area contributed by atoms with E-state index in [-0.39, 0.29) is 6.04 Å². The van der Waals surface area contributed by atoms with Gasteiger partial charge >= 0.3 is 0 Å². The van der Waals surface area contributed by atoms with Crippen LogP contribution in [-0.2, 0) is 0 Å². The Hall–Kier alpha value is -3.59. The molecule has 160 valence electrons. The Kier molecular flexibility index (Phi) is 4.50. The molecular formula is C23H18F2N6S. The average molecular weight is 449 g/mol. The molecule has 6 rings (SSSR count). The third-order valence-electron chi connectivity index (χ3n) is 5.88. The first kappa shape index (κ1) is 19.1. The molecule has 0 radical (unpaired) electrons. The molecule has 4 aromatic heterocycles. The van der Waals surface area contributed by atoms with Gasteiger partial charge in [0, 0.05) is 30.1 Å². The smallest absolute Gasteiger partial charge is 0.183 e. The van der Waals surface area contributed by atoms with Crippen LogP contribution in [-0.4, -0.2) is 30.9 Å². The Balaban J connectivity index is 1.39. The van der Waals surface area contributed by atoms with Crippen LogP contribution >= 0.6 is 11.3 Å². The first-order valence-corrected chi connectivity index (χ1v) is 11.3. The molecule has 1 fully saturated rings. The summed E-state index contributed by atoms with van der Waals surface area (Å²) in [6.07, 6.45) is 8.95. The molecule has 5 aromatic rings. The van der Waals surface area contributed by atoms with Gasteiger partial charge in [0.05, 0.1) is 18.4 Å². The van der Waals surface area contributed by atoms with Gasteiger partial charge in [-0.25, -0.2) is 23.0 Å². The Labute approximate surface area is 186 Å². The Morgan fingerprint density at radius 3 is 2.84 bits per heavy atom. The molecule has 0 aliphatic carbocycles. The molecule has 0 N–H and O–H groups in total. The molecule has 32 heavy (non-hydrogen) atoms.